The second kappa shape index (κ2) is 6.66. The molecule has 2 aromatic rings. The third-order valence-corrected chi connectivity index (χ3v) is 3.63. The third-order valence-electron chi connectivity index (χ3n) is 3.03. The van der Waals surface area contributed by atoms with Crippen molar-refractivity contribution in [1.29, 1.82) is 0 Å². The van der Waals surface area contributed by atoms with Crippen LogP contribution in [0.1, 0.15) is 11.3 Å². The fourth-order valence-electron chi connectivity index (χ4n) is 1.98. The second-order valence-corrected chi connectivity index (χ2v) is 4.96. The van der Waals surface area contributed by atoms with Gasteiger partial charge in [0.05, 0.1) is 0 Å². The lowest BCUT2D eigenvalue weighted by atomic mass is 10.1. The first-order valence-corrected chi connectivity index (χ1v) is 7.28. The Morgan fingerprint density at radius 2 is 2.11 bits per heavy atom. The number of rotatable bonds is 5. The number of hydrogen-bond acceptors (Lipinski definition) is 2. The van der Waals surface area contributed by atoms with E-state index in [0.29, 0.717) is 5.33 Å². The van der Waals surface area contributed by atoms with Gasteiger partial charge in [-0.3, -0.25) is 4.98 Å². The summed E-state index contributed by atoms with van der Waals surface area (Å²) < 4.78 is 13.2. The highest BCUT2D eigenvalue weighted by molar-refractivity contribution is 9.08. The largest absolute Gasteiger partial charge is 0.374 e. The Labute approximate surface area is 121 Å². The molecule has 2 nitrogen and oxygen atoms in total. The van der Waals surface area contributed by atoms with Gasteiger partial charge in [-0.2, -0.15) is 0 Å². The van der Waals surface area contributed by atoms with Gasteiger partial charge in [-0.15, -0.1) is 0 Å². The molecule has 0 atom stereocenters. The molecule has 4 heteroatoms. The Kier molecular flexibility index (Phi) is 4.91. The summed E-state index contributed by atoms with van der Waals surface area (Å²) in [6, 6.07) is 10.8. The predicted octanol–water partition coefficient (Wildman–Crippen LogP) is 3.79. The van der Waals surface area contributed by atoms with Gasteiger partial charge in [-0.05, 0) is 35.9 Å². The lowest BCUT2D eigenvalue weighted by Crippen LogP contribution is -2.21. The van der Waals surface area contributed by atoms with Crippen LogP contribution in [0.2, 0.25) is 0 Å². The maximum absolute atomic E-state index is 13.2. The maximum atomic E-state index is 13.2. The number of anilines is 1. The van der Waals surface area contributed by atoms with E-state index >= 15 is 0 Å². The molecule has 1 heterocycles. The fourth-order valence-corrected chi connectivity index (χ4v) is 2.43. The Morgan fingerprint density at radius 3 is 2.79 bits per heavy atom. The van der Waals surface area contributed by atoms with Gasteiger partial charge in [-0.25, -0.2) is 4.39 Å². The third kappa shape index (κ3) is 3.77. The van der Waals surface area contributed by atoms with E-state index in [1.54, 1.807) is 12.3 Å². The van der Waals surface area contributed by atoms with Crippen LogP contribution in [-0.4, -0.2) is 18.6 Å². The summed E-state index contributed by atoms with van der Waals surface area (Å²) >= 11 is 3.40. The van der Waals surface area contributed by atoms with Gasteiger partial charge in [0, 0.05) is 42.9 Å². The maximum Gasteiger partial charge on any atom is 0.123 e. The lowest BCUT2D eigenvalue weighted by Gasteiger charge is -2.21. The van der Waals surface area contributed by atoms with Crippen molar-refractivity contribution in [2.24, 2.45) is 0 Å². The molecule has 100 valence electrons. The average Bonchev–Trinajstić information content (AvgIpc) is 2.45. The zero-order chi connectivity index (χ0) is 13.7. The smallest absolute Gasteiger partial charge is 0.123 e. The fraction of sp³-hybridized carbons (Fsp3) is 0.267. The molecular formula is C15H16BrFN2. The molecule has 0 amide bonds. The molecular weight excluding hydrogens is 307 g/mol. The summed E-state index contributed by atoms with van der Waals surface area (Å²) in [4.78, 5) is 6.43. The van der Waals surface area contributed by atoms with Crippen LogP contribution in [0.3, 0.4) is 0 Å². The molecule has 1 aromatic carbocycles. The first-order valence-electron chi connectivity index (χ1n) is 6.16. The molecule has 2 rings (SSSR count). The molecule has 0 unspecified atom stereocenters. The summed E-state index contributed by atoms with van der Waals surface area (Å²) in [5, 5.41) is 0.647. The van der Waals surface area contributed by atoms with Gasteiger partial charge in [-0.1, -0.05) is 22.0 Å². The molecule has 0 aliphatic carbocycles. The molecule has 0 radical (unpaired) electrons. The highest BCUT2D eigenvalue weighted by atomic mass is 79.9. The van der Waals surface area contributed by atoms with Crippen molar-refractivity contribution >= 4 is 21.6 Å². The van der Waals surface area contributed by atoms with Crippen LogP contribution < -0.4 is 4.90 Å². The van der Waals surface area contributed by atoms with Crippen molar-refractivity contribution in [1.82, 2.24) is 4.98 Å². The number of hydrogen-bond donors (Lipinski definition) is 0. The number of likely N-dealkylation sites (N-methyl/N-ethyl adjacent to an activating group) is 1. The summed E-state index contributed by atoms with van der Waals surface area (Å²) in [5.74, 6) is -0.198. The molecule has 0 aliphatic rings. The molecule has 0 N–H and O–H groups in total. The van der Waals surface area contributed by atoms with E-state index in [1.165, 1.54) is 6.07 Å². The quantitative estimate of drug-likeness (QED) is 0.778. The molecule has 0 spiro atoms. The molecule has 19 heavy (non-hydrogen) atoms. The van der Waals surface area contributed by atoms with Gasteiger partial charge >= 0.3 is 0 Å². The van der Waals surface area contributed by atoms with Crippen LogP contribution in [0, 0.1) is 5.82 Å². The highest BCUT2D eigenvalue weighted by Gasteiger charge is 2.08. The topological polar surface area (TPSA) is 16.1 Å². The Balaban J connectivity index is 2.05. The number of benzene rings is 1. The summed E-state index contributed by atoms with van der Waals surface area (Å²) in [6.45, 7) is 0.850. The Bertz CT molecular complexity index is 531. The first kappa shape index (κ1) is 14.0. The summed E-state index contributed by atoms with van der Waals surface area (Å²) in [5.41, 5.74) is 3.08. The Morgan fingerprint density at radius 1 is 1.26 bits per heavy atom. The van der Waals surface area contributed by atoms with Crippen LogP contribution in [0.25, 0.3) is 0 Å². The second-order valence-electron chi connectivity index (χ2n) is 4.40. The van der Waals surface area contributed by atoms with Crippen molar-refractivity contribution < 1.29 is 4.39 Å². The van der Waals surface area contributed by atoms with Crippen molar-refractivity contribution in [2.45, 2.75) is 11.8 Å². The van der Waals surface area contributed by atoms with E-state index in [4.69, 9.17) is 0 Å². The lowest BCUT2D eigenvalue weighted by molar-refractivity contribution is 0.626. The first-order chi connectivity index (χ1) is 9.20. The van der Waals surface area contributed by atoms with Gasteiger partial charge in [0.1, 0.15) is 5.82 Å². The van der Waals surface area contributed by atoms with Gasteiger partial charge in [0.25, 0.3) is 0 Å². The van der Waals surface area contributed by atoms with Crippen LogP contribution in [0.15, 0.2) is 42.6 Å². The SMILES string of the molecule is CN(CCc1ccccn1)c1ccc(F)cc1CBr. The van der Waals surface area contributed by atoms with Crippen molar-refractivity contribution in [3.63, 3.8) is 0 Å². The molecule has 0 aliphatic heterocycles. The zero-order valence-corrected chi connectivity index (χ0v) is 12.4. The van der Waals surface area contributed by atoms with E-state index < -0.39 is 0 Å². The zero-order valence-electron chi connectivity index (χ0n) is 10.8. The van der Waals surface area contributed by atoms with Crippen LogP contribution >= 0.6 is 15.9 Å². The standard InChI is InChI=1S/C15H16BrFN2/c1-19(9-7-14-4-2-3-8-18-14)15-6-5-13(17)10-12(15)11-16/h2-6,8,10H,7,9,11H2,1H3. The monoisotopic (exact) mass is 322 g/mol. The Hall–Kier alpha value is -1.42. The number of halogens is 2. The van der Waals surface area contributed by atoms with E-state index in [9.17, 15) is 4.39 Å². The van der Waals surface area contributed by atoms with E-state index in [2.05, 4.69) is 25.8 Å². The summed E-state index contributed by atoms with van der Waals surface area (Å²) in [7, 11) is 2.02. The number of nitrogens with zero attached hydrogens (tertiary/aromatic N) is 2. The predicted molar refractivity (Wildman–Crippen MR) is 80.2 cm³/mol. The van der Waals surface area contributed by atoms with E-state index in [0.717, 1.165) is 29.9 Å². The van der Waals surface area contributed by atoms with Crippen molar-refractivity contribution in [3.05, 3.63) is 59.7 Å². The van der Waals surface area contributed by atoms with Crippen LogP contribution in [-0.2, 0) is 11.8 Å². The van der Waals surface area contributed by atoms with Crippen LogP contribution in [0.4, 0.5) is 10.1 Å². The van der Waals surface area contributed by atoms with Crippen molar-refractivity contribution in [2.75, 3.05) is 18.5 Å². The minimum absolute atomic E-state index is 0.198. The van der Waals surface area contributed by atoms with Gasteiger partial charge < -0.3 is 4.90 Å². The molecule has 0 saturated carbocycles. The highest BCUT2D eigenvalue weighted by Crippen LogP contribution is 2.23. The summed E-state index contributed by atoms with van der Waals surface area (Å²) in [6.07, 6.45) is 2.67. The minimum Gasteiger partial charge on any atom is -0.374 e. The molecule has 0 bridgehead atoms. The molecule has 1 aromatic heterocycles. The van der Waals surface area contributed by atoms with E-state index in [-0.39, 0.29) is 5.82 Å². The normalized spacial score (nSPS) is 10.5. The van der Waals surface area contributed by atoms with Crippen molar-refractivity contribution in [3.8, 4) is 0 Å². The number of alkyl halides is 1. The van der Waals surface area contributed by atoms with E-state index in [1.807, 2.05) is 31.3 Å². The molecule has 0 fully saturated rings. The van der Waals surface area contributed by atoms with Gasteiger partial charge in [0.2, 0.25) is 0 Å². The molecule has 0 saturated heterocycles. The number of pyridine rings is 1. The van der Waals surface area contributed by atoms with Gasteiger partial charge in [0.15, 0.2) is 0 Å². The van der Waals surface area contributed by atoms with Crippen LogP contribution in [0.5, 0.6) is 0 Å². The average molecular weight is 323 g/mol. The minimum atomic E-state index is -0.198. The number of aromatic nitrogens is 1.